The van der Waals surface area contributed by atoms with Crippen LogP contribution < -0.4 is 0 Å². The van der Waals surface area contributed by atoms with E-state index in [1.165, 1.54) is 0 Å². The zero-order chi connectivity index (χ0) is 17.8. The molecule has 5 heteroatoms. The van der Waals surface area contributed by atoms with Crippen LogP contribution >= 0.6 is 23.2 Å². The molecule has 1 N–H and O–H groups in total. The molecule has 3 rings (SSSR count). The second-order valence-corrected chi connectivity index (χ2v) is 6.57. The molecule has 128 valence electrons. The molecule has 3 nitrogen and oxygen atoms in total. The van der Waals surface area contributed by atoms with Crippen LogP contribution in [0.15, 0.2) is 73.4 Å². The number of aliphatic hydroxyl groups is 1. The summed E-state index contributed by atoms with van der Waals surface area (Å²) in [7, 11) is 0. The van der Waals surface area contributed by atoms with Gasteiger partial charge in [-0.3, -0.25) is 0 Å². The molecule has 25 heavy (non-hydrogen) atoms. The molecular formula is C20H18Cl2N2O. The zero-order valence-electron chi connectivity index (χ0n) is 13.5. The minimum atomic E-state index is -0.766. The van der Waals surface area contributed by atoms with Crippen molar-refractivity contribution in [2.24, 2.45) is 0 Å². The summed E-state index contributed by atoms with van der Waals surface area (Å²) in [6.07, 6.45) is 3.31. The van der Waals surface area contributed by atoms with Gasteiger partial charge in [0.2, 0.25) is 0 Å². The van der Waals surface area contributed by atoms with Gasteiger partial charge in [-0.2, -0.15) is 5.10 Å². The Morgan fingerprint density at radius 2 is 1.84 bits per heavy atom. The topological polar surface area (TPSA) is 38.1 Å². The van der Waals surface area contributed by atoms with Crippen molar-refractivity contribution in [3.8, 4) is 5.69 Å². The highest BCUT2D eigenvalue weighted by Gasteiger charge is 2.25. The van der Waals surface area contributed by atoms with Crippen molar-refractivity contribution in [1.82, 2.24) is 9.78 Å². The number of aromatic nitrogens is 2. The Bertz CT molecular complexity index is 861. The van der Waals surface area contributed by atoms with Gasteiger partial charge in [-0.25, -0.2) is 4.68 Å². The zero-order valence-corrected chi connectivity index (χ0v) is 15.0. The summed E-state index contributed by atoms with van der Waals surface area (Å²) in [6, 6.07) is 17.0. The third-order valence-electron chi connectivity index (χ3n) is 4.15. The van der Waals surface area contributed by atoms with Crippen LogP contribution in [0.4, 0.5) is 0 Å². The van der Waals surface area contributed by atoms with Gasteiger partial charge in [0, 0.05) is 12.1 Å². The van der Waals surface area contributed by atoms with E-state index in [1.807, 2.05) is 42.5 Å². The number of aliphatic hydroxyl groups excluding tert-OH is 1. The third-order valence-corrected chi connectivity index (χ3v) is 4.89. The fourth-order valence-corrected chi connectivity index (χ4v) is 3.20. The predicted molar refractivity (Wildman–Crippen MR) is 103 cm³/mol. The first-order chi connectivity index (χ1) is 12.1. The van der Waals surface area contributed by atoms with Gasteiger partial charge in [0.25, 0.3) is 0 Å². The summed E-state index contributed by atoms with van der Waals surface area (Å²) in [5.74, 6) is -0.202. The predicted octanol–water partition coefficient (Wildman–Crippen LogP) is 5.57. The lowest BCUT2D eigenvalue weighted by atomic mass is 9.88. The first kappa shape index (κ1) is 17.7. The third kappa shape index (κ3) is 3.79. The van der Waals surface area contributed by atoms with Crippen LogP contribution in [-0.4, -0.2) is 14.9 Å². The normalized spacial score (nSPS) is 13.4. The summed E-state index contributed by atoms with van der Waals surface area (Å²) in [5, 5.41) is 16.4. The van der Waals surface area contributed by atoms with Crippen LogP contribution in [0.5, 0.6) is 0 Å². The monoisotopic (exact) mass is 372 g/mol. The molecule has 2 aromatic carbocycles. The molecule has 0 amide bonds. The molecule has 0 fully saturated rings. The van der Waals surface area contributed by atoms with E-state index in [9.17, 15) is 5.11 Å². The van der Waals surface area contributed by atoms with E-state index in [2.05, 4.69) is 11.7 Å². The summed E-state index contributed by atoms with van der Waals surface area (Å²) < 4.78 is 1.75. The Morgan fingerprint density at radius 1 is 1.08 bits per heavy atom. The number of allylic oxidation sites excluding steroid dienone is 1. The van der Waals surface area contributed by atoms with Crippen molar-refractivity contribution in [3.05, 3.63) is 94.8 Å². The fourth-order valence-electron chi connectivity index (χ4n) is 2.90. The quantitative estimate of drug-likeness (QED) is 0.574. The van der Waals surface area contributed by atoms with E-state index in [4.69, 9.17) is 23.2 Å². The van der Waals surface area contributed by atoms with Crippen molar-refractivity contribution in [2.45, 2.75) is 18.4 Å². The van der Waals surface area contributed by atoms with E-state index < -0.39 is 6.10 Å². The molecule has 0 saturated carbocycles. The largest absolute Gasteiger partial charge is 0.386 e. The summed E-state index contributed by atoms with van der Waals surface area (Å²) in [4.78, 5) is 0. The van der Waals surface area contributed by atoms with Crippen LogP contribution in [0.25, 0.3) is 5.69 Å². The van der Waals surface area contributed by atoms with E-state index >= 15 is 0 Å². The first-order valence-electron chi connectivity index (χ1n) is 7.95. The first-order valence-corrected chi connectivity index (χ1v) is 8.70. The number of hydrogen-bond donors (Lipinski definition) is 1. The van der Waals surface area contributed by atoms with Gasteiger partial charge in [0.1, 0.15) is 6.10 Å². The molecule has 0 aliphatic heterocycles. The molecule has 0 spiro atoms. The highest BCUT2D eigenvalue weighted by atomic mass is 35.5. The molecule has 0 bridgehead atoms. The van der Waals surface area contributed by atoms with E-state index in [0.29, 0.717) is 22.2 Å². The number of halogens is 2. The Balaban J connectivity index is 1.99. The average Bonchev–Trinajstić information content (AvgIpc) is 3.12. The second-order valence-electron chi connectivity index (χ2n) is 5.75. The number of nitrogens with zero attached hydrogens (tertiary/aromatic N) is 2. The van der Waals surface area contributed by atoms with Crippen LogP contribution in [-0.2, 0) is 0 Å². The van der Waals surface area contributed by atoms with Gasteiger partial charge < -0.3 is 5.11 Å². The van der Waals surface area contributed by atoms with Gasteiger partial charge >= 0.3 is 0 Å². The number of para-hydroxylation sites is 1. The van der Waals surface area contributed by atoms with Crippen molar-refractivity contribution < 1.29 is 5.11 Å². The van der Waals surface area contributed by atoms with Gasteiger partial charge in [-0.1, -0.05) is 53.5 Å². The van der Waals surface area contributed by atoms with Crippen molar-refractivity contribution in [3.63, 3.8) is 0 Å². The standard InChI is InChI=1S/C20H18Cl2N2O/c1-2-6-16(14-9-10-17(21)18(22)13-14)20(25)19-11-12-23-24(19)15-7-4-3-5-8-15/h2-5,7-13,16,20,25H,1,6H2. The number of hydrogen-bond acceptors (Lipinski definition) is 2. The van der Waals surface area contributed by atoms with Crippen LogP contribution in [0.2, 0.25) is 10.0 Å². The van der Waals surface area contributed by atoms with E-state index in [1.54, 1.807) is 29.1 Å². The highest BCUT2D eigenvalue weighted by Crippen LogP contribution is 2.37. The lowest BCUT2D eigenvalue weighted by molar-refractivity contribution is 0.138. The summed E-state index contributed by atoms with van der Waals surface area (Å²) in [5.41, 5.74) is 2.51. The Morgan fingerprint density at radius 3 is 2.52 bits per heavy atom. The Kier molecular flexibility index (Phi) is 5.59. The van der Waals surface area contributed by atoms with Crippen molar-refractivity contribution >= 4 is 23.2 Å². The summed E-state index contributed by atoms with van der Waals surface area (Å²) >= 11 is 12.2. The molecule has 0 aliphatic carbocycles. The molecular weight excluding hydrogens is 355 g/mol. The SMILES string of the molecule is C=CCC(c1ccc(Cl)c(Cl)c1)C(O)c1ccnn1-c1ccccc1. The maximum Gasteiger partial charge on any atom is 0.103 e. The highest BCUT2D eigenvalue weighted by molar-refractivity contribution is 6.42. The average molecular weight is 373 g/mol. The maximum absolute atomic E-state index is 11.1. The van der Waals surface area contributed by atoms with Crippen molar-refractivity contribution in [1.29, 1.82) is 0 Å². The van der Waals surface area contributed by atoms with Gasteiger partial charge in [0.15, 0.2) is 0 Å². The lowest BCUT2D eigenvalue weighted by Gasteiger charge is -2.23. The summed E-state index contributed by atoms with van der Waals surface area (Å²) in [6.45, 7) is 3.82. The minimum Gasteiger partial charge on any atom is -0.386 e. The number of benzene rings is 2. The molecule has 0 saturated heterocycles. The number of rotatable bonds is 6. The van der Waals surface area contributed by atoms with Crippen molar-refractivity contribution in [2.75, 3.05) is 0 Å². The minimum absolute atomic E-state index is 0.202. The smallest absolute Gasteiger partial charge is 0.103 e. The molecule has 1 heterocycles. The van der Waals surface area contributed by atoms with E-state index in [0.717, 1.165) is 11.3 Å². The lowest BCUT2D eigenvalue weighted by Crippen LogP contribution is -2.15. The van der Waals surface area contributed by atoms with Crippen LogP contribution in [0.1, 0.15) is 29.7 Å². The van der Waals surface area contributed by atoms with Gasteiger partial charge in [-0.05, 0) is 42.3 Å². The molecule has 2 unspecified atom stereocenters. The molecule has 3 aromatic rings. The van der Waals surface area contributed by atoms with Crippen LogP contribution in [0.3, 0.4) is 0 Å². The molecule has 2 atom stereocenters. The second kappa shape index (κ2) is 7.87. The maximum atomic E-state index is 11.1. The molecule has 1 aromatic heterocycles. The Labute approximate surface area is 157 Å². The van der Waals surface area contributed by atoms with E-state index in [-0.39, 0.29) is 5.92 Å². The fraction of sp³-hybridized carbons (Fsp3) is 0.150. The van der Waals surface area contributed by atoms with Gasteiger partial charge in [-0.15, -0.1) is 6.58 Å². The van der Waals surface area contributed by atoms with Crippen LogP contribution in [0, 0.1) is 0 Å². The molecule has 0 aliphatic rings. The Hall–Kier alpha value is -2.07. The molecule has 0 radical (unpaired) electrons. The van der Waals surface area contributed by atoms with Gasteiger partial charge in [0.05, 0.1) is 21.4 Å².